The summed E-state index contributed by atoms with van der Waals surface area (Å²) in [5, 5.41) is 12.1. The monoisotopic (exact) mass is 450 g/mol. The lowest BCUT2D eigenvalue weighted by molar-refractivity contribution is -0.113. The fraction of sp³-hybridized carbons (Fsp3) is 0.320. The molecule has 168 valence electrons. The van der Waals surface area contributed by atoms with Crippen LogP contribution in [0.25, 0.3) is 0 Å². The number of aromatic nitrogens is 3. The summed E-state index contributed by atoms with van der Waals surface area (Å²) in [7, 11) is 0. The van der Waals surface area contributed by atoms with E-state index < -0.39 is 0 Å². The summed E-state index contributed by atoms with van der Waals surface area (Å²) < 4.78 is 7.76. The van der Waals surface area contributed by atoms with E-state index in [9.17, 15) is 4.79 Å². The number of hydrogen-bond donors (Lipinski definition) is 1. The summed E-state index contributed by atoms with van der Waals surface area (Å²) in [5.74, 6) is 2.12. The van der Waals surface area contributed by atoms with Crippen LogP contribution in [0.3, 0.4) is 0 Å². The van der Waals surface area contributed by atoms with Crippen molar-refractivity contribution in [3.05, 3.63) is 78.1 Å². The van der Waals surface area contributed by atoms with Gasteiger partial charge in [-0.3, -0.25) is 9.36 Å². The Bertz CT molecular complexity index is 1030. The highest BCUT2D eigenvalue weighted by Gasteiger charge is 2.14. The van der Waals surface area contributed by atoms with Gasteiger partial charge in [0, 0.05) is 12.2 Å². The third-order valence-electron chi connectivity index (χ3n) is 5.20. The van der Waals surface area contributed by atoms with E-state index in [1.54, 1.807) is 6.08 Å². The molecule has 0 spiro atoms. The quantitative estimate of drug-likeness (QED) is 0.304. The molecule has 0 aliphatic rings. The van der Waals surface area contributed by atoms with Gasteiger partial charge in [0.2, 0.25) is 5.91 Å². The van der Waals surface area contributed by atoms with Gasteiger partial charge in [-0.05, 0) is 49.1 Å². The molecule has 1 amide bonds. The maximum atomic E-state index is 12.4. The lowest BCUT2D eigenvalue weighted by Gasteiger charge is -2.11. The van der Waals surface area contributed by atoms with Gasteiger partial charge in [0.1, 0.15) is 12.4 Å². The Morgan fingerprint density at radius 2 is 1.91 bits per heavy atom. The van der Waals surface area contributed by atoms with Crippen LogP contribution >= 0.6 is 11.8 Å². The van der Waals surface area contributed by atoms with E-state index in [2.05, 4.69) is 48.1 Å². The highest BCUT2D eigenvalue weighted by atomic mass is 32.2. The number of allylic oxidation sites excluding steroid dienone is 1. The molecule has 0 aliphatic heterocycles. The number of nitrogens with one attached hydrogen (secondary N) is 1. The highest BCUT2D eigenvalue weighted by Crippen LogP contribution is 2.22. The minimum atomic E-state index is -0.0862. The van der Waals surface area contributed by atoms with Crippen LogP contribution in [0.5, 0.6) is 5.75 Å². The Kier molecular flexibility index (Phi) is 8.50. The zero-order valence-electron chi connectivity index (χ0n) is 18.9. The van der Waals surface area contributed by atoms with Gasteiger partial charge >= 0.3 is 0 Å². The number of anilines is 1. The molecule has 0 saturated heterocycles. The molecule has 3 rings (SSSR count). The molecule has 0 radical (unpaired) electrons. The molecule has 0 saturated carbocycles. The van der Waals surface area contributed by atoms with Gasteiger partial charge in [-0.15, -0.1) is 16.8 Å². The van der Waals surface area contributed by atoms with E-state index >= 15 is 0 Å². The fourth-order valence-corrected chi connectivity index (χ4v) is 3.85. The molecule has 0 aliphatic carbocycles. The van der Waals surface area contributed by atoms with Crippen LogP contribution in [0.15, 0.2) is 66.3 Å². The van der Waals surface area contributed by atoms with Gasteiger partial charge in [-0.25, -0.2) is 0 Å². The van der Waals surface area contributed by atoms with Crippen LogP contribution < -0.4 is 10.1 Å². The molecule has 0 bridgehead atoms. The molecule has 1 atom stereocenters. The van der Waals surface area contributed by atoms with Crippen LogP contribution in [-0.2, 0) is 17.9 Å². The molecule has 2 aromatic carbocycles. The molecule has 3 aromatic rings. The molecule has 32 heavy (non-hydrogen) atoms. The molecular weight excluding hydrogens is 420 g/mol. The van der Waals surface area contributed by atoms with Gasteiger partial charge in [-0.2, -0.15) is 0 Å². The third-order valence-corrected chi connectivity index (χ3v) is 6.17. The van der Waals surface area contributed by atoms with Crippen LogP contribution in [0.2, 0.25) is 0 Å². The van der Waals surface area contributed by atoms with Crippen molar-refractivity contribution >= 4 is 23.4 Å². The van der Waals surface area contributed by atoms with E-state index in [1.807, 2.05) is 47.9 Å². The first kappa shape index (κ1) is 23.6. The first-order valence-electron chi connectivity index (χ1n) is 10.7. The molecule has 1 N–H and O–H groups in total. The van der Waals surface area contributed by atoms with E-state index in [0.717, 1.165) is 17.9 Å². The van der Waals surface area contributed by atoms with Gasteiger partial charge in [0.15, 0.2) is 11.0 Å². The van der Waals surface area contributed by atoms with Gasteiger partial charge in [-0.1, -0.05) is 61.5 Å². The predicted molar refractivity (Wildman–Crippen MR) is 130 cm³/mol. The second kappa shape index (κ2) is 11.5. The van der Waals surface area contributed by atoms with Crippen LogP contribution in [0.1, 0.15) is 43.1 Å². The van der Waals surface area contributed by atoms with Crippen molar-refractivity contribution in [3.63, 3.8) is 0 Å². The van der Waals surface area contributed by atoms with E-state index in [4.69, 9.17) is 4.74 Å². The Labute approximate surface area is 194 Å². The van der Waals surface area contributed by atoms with Gasteiger partial charge in [0.25, 0.3) is 0 Å². The zero-order valence-corrected chi connectivity index (χ0v) is 19.7. The number of ether oxygens (including phenoxy) is 1. The minimum absolute atomic E-state index is 0.0862. The average Bonchev–Trinajstić information content (AvgIpc) is 3.19. The largest absolute Gasteiger partial charge is 0.486 e. The third kappa shape index (κ3) is 6.47. The smallest absolute Gasteiger partial charge is 0.234 e. The van der Waals surface area contributed by atoms with Crippen LogP contribution in [-0.4, -0.2) is 26.4 Å². The summed E-state index contributed by atoms with van der Waals surface area (Å²) in [5.41, 5.74) is 3.25. The molecular formula is C25H30N4O2S. The van der Waals surface area contributed by atoms with Crippen molar-refractivity contribution in [3.8, 4) is 5.75 Å². The normalized spacial score (nSPS) is 11.7. The van der Waals surface area contributed by atoms with Crippen molar-refractivity contribution < 1.29 is 9.53 Å². The number of hydrogen-bond acceptors (Lipinski definition) is 5. The average molecular weight is 451 g/mol. The number of benzene rings is 2. The van der Waals surface area contributed by atoms with Crippen molar-refractivity contribution in [2.45, 2.75) is 51.4 Å². The minimum Gasteiger partial charge on any atom is -0.486 e. The fourth-order valence-electron chi connectivity index (χ4n) is 3.09. The van der Waals surface area contributed by atoms with E-state index in [1.165, 1.54) is 22.9 Å². The second-order valence-electron chi connectivity index (χ2n) is 7.67. The van der Waals surface area contributed by atoms with Gasteiger partial charge < -0.3 is 10.1 Å². The number of nitrogens with zero attached hydrogens (tertiary/aromatic N) is 3. The number of carbonyl (C=O) groups excluding carboxylic acids is 1. The highest BCUT2D eigenvalue weighted by molar-refractivity contribution is 7.99. The van der Waals surface area contributed by atoms with Crippen molar-refractivity contribution in [1.29, 1.82) is 0 Å². The first-order valence-corrected chi connectivity index (χ1v) is 11.7. The summed E-state index contributed by atoms with van der Waals surface area (Å²) in [4.78, 5) is 12.4. The lowest BCUT2D eigenvalue weighted by atomic mass is 9.99. The zero-order chi connectivity index (χ0) is 22.9. The Morgan fingerprint density at radius 3 is 2.56 bits per heavy atom. The summed E-state index contributed by atoms with van der Waals surface area (Å²) in [6.07, 6.45) is 2.87. The van der Waals surface area contributed by atoms with Crippen molar-refractivity contribution in [1.82, 2.24) is 14.8 Å². The Morgan fingerprint density at radius 1 is 1.19 bits per heavy atom. The first-order chi connectivity index (χ1) is 15.5. The van der Waals surface area contributed by atoms with Crippen molar-refractivity contribution in [2.75, 3.05) is 11.1 Å². The number of aryl methyl sites for hydroxylation is 1. The summed E-state index contributed by atoms with van der Waals surface area (Å²) in [6, 6.07) is 15.9. The Balaban J connectivity index is 1.57. The Hall–Kier alpha value is -3.06. The number of carbonyl (C=O) groups is 1. The molecule has 1 aromatic heterocycles. The molecule has 1 heterocycles. The lowest BCUT2D eigenvalue weighted by Crippen LogP contribution is -2.15. The predicted octanol–water partition coefficient (Wildman–Crippen LogP) is 5.60. The molecule has 0 fully saturated rings. The summed E-state index contributed by atoms with van der Waals surface area (Å²) >= 11 is 1.34. The van der Waals surface area contributed by atoms with Crippen LogP contribution in [0, 0.1) is 6.92 Å². The number of rotatable bonds is 11. The maximum Gasteiger partial charge on any atom is 0.234 e. The molecule has 6 nitrogen and oxygen atoms in total. The SMILES string of the molecule is C=CCn1c(COc2ccc(C)cc2)nnc1SCC(=O)Nc1ccc([C@H](C)CC)cc1. The van der Waals surface area contributed by atoms with E-state index in [-0.39, 0.29) is 11.7 Å². The van der Waals surface area contributed by atoms with Crippen molar-refractivity contribution in [2.24, 2.45) is 0 Å². The van der Waals surface area contributed by atoms with Gasteiger partial charge in [0.05, 0.1) is 5.75 Å². The standard InChI is InChI=1S/C25H30N4O2S/c1-5-15-29-23(16-31-22-13-7-18(3)8-14-22)27-28-25(29)32-17-24(30)26-21-11-9-20(10-12-21)19(4)6-2/h5,7-14,19H,1,6,15-17H2,2-4H3,(H,26,30)/t19-/m1/s1. The maximum absolute atomic E-state index is 12.4. The van der Waals surface area contributed by atoms with Crippen LogP contribution in [0.4, 0.5) is 5.69 Å². The molecule has 7 heteroatoms. The second-order valence-corrected chi connectivity index (χ2v) is 8.61. The number of thioether (sulfide) groups is 1. The molecule has 0 unspecified atom stereocenters. The van der Waals surface area contributed by atoms with E-state index in [0.29, 0.717) is 30.1 Å². The number of amides is 1. The summed E-state index contributed by atoms with van der Waals surface area (Å²) in [6.45, 7) is 11.1. The topological polar surface area (TPSA) is 69.0 Å².